The van der Waals surface area contributed by atoms with Gasteiger partial charge in [-0.15, -0.1) is 0 Å². The smallest absolute Gasteiger partial charge is 0.416 e. The summed E-state index contributed by atoms with van der Waals surface area (Å²) in [5.41, 5.74) is 2.68. The topological polar surface area (TPSA) is 99.9 Å². The molecule has 218 valence electrons. The lowest BCUT2D eigenvalue weighted by molar-refractivity contribution is -0.137. The number of aryl methyl sites for hydroxylation is 1. The van der Waals surface area contributed by atoms with Crippen molar-refractivity contribution in [1.82, 2.24) is 20.3 Å². The van der Waals surface area contributed by atoms with Crippen molar-refractivity contribution in [3.8, 4) is 17.0 Å². The molecule has 10 heteroatoms. The zero-order valence-corrected chi connectivity index (χ0v) is 23.5. The molecule has 0 unspecified atom stereocenters. The first-order valence-corrected chi connectivity index (χ1v) is 13.8. The third-order valence-electron chi connectivity index (χ3n) is 7.27. The highest BCUT2D eigenvalue weighted by atomic mass is 19.4. The molecule has 2 aromatic heterocycles. The molecule has 1 atom stereocenters. The summed E-state index contributed by atoms with van der Waals surface area (Å²) >= 11 is 0. The van der Waals surface area contributed by atoms with Gasteiger partial charge >= 0.3 is 6.18 Å². The standard InChI is InChI=1S/C31H35F3N4O3/c1-4-22(39)11-6-5-7-12-27(30-35-18-28(38-30)20-9-8-10-21(15-20)31(32,33)34)37-29(40)17-24-19(2)36-26-14-13-23(41-3)16-25(24)26/h8-10,13-16,18,27,36H,4-7,11-12,17H2,1-3H3,(H,35,38)(H,37,40)/t27-/m0/s1. The average molecular weight is 569 g/mol. The van der Waals surface area contributed by atoms with Gasteiger partial charge in [-0.3, -0.25) is 9.59 Å². The van der Waals surface area contributed by atoms with Crippen molar-refractivity contribution in [3.05, 3.63) is 71.3 Å². The number of imidazole rings is 1. The number of aromatic nitrogens is 3. The second kappa shape index (κ2) is 13.1. The van der Waals surface area contributed by atoms with Crippen molar-refractivity contribution >= 4 is 22.6 Å². The molecule has 0 saturated carbocycles. The predicted octanol–water partition coefficient (Wildman–Crippen LogP) is 7.22. The van der Waals surface area contributed by atoms with Gasteiger partial charge in [0.1, 0.15) is 17.4 Å². The lowest BCUT2D eigenvalue weighted by atomic mass is 10.0. The Bertz CT molecular complexity index is 1510. The molecule has 0 aliphatic rings. The minimum atomic E-state index is -4.46. The van der Waals surface area contributed by atoms with Crippen molar-refractivity contribution in [1.29, 1.82) is 0 Å². The Morgan fingerprint density at radius 1 is 1.07 bits per heavy atom. The largest absolute Gasteiger partial charge is 0.497 e. The SMILES string of the molecule is CCC(=O)CCCCC[C@H](NC(=O)Cc1c(C)[nH]c2ccc(OC)cc12)c1ncc(-c2cccc(C(F)(F)F)c2)[nH]1. The van der Waals surface area contributed by atoms with Gasteiger partial charge in [-0.2, -0.15) is 13.2 Å². The number of benzene rings is 2. The molecule has 2 aromatic carbocycles. The number of ketones is 1. The number of fused-ring (bicyclic) bond motifs is 1. The normalized spacial score (nSPS) is 12.4. The van der Waals surface area contributed by atoms with Crippen LogP contribution < -0.4 is 10.1 Å². The van der Waals surface area contributed by atoms with Crippen LogP contribution in [0.25, 0.3) is 22.2 Å². The van der Waals surface area contributed by atoms with Crippen LogP contribution in [-0.4, -0.2) is 33.8 Å². The quantitative estimate of drug-likeness (QED) is 0.148. The number of carbonyl (C=O) groups excluding carboxylic acids is 2. The number of H-pyrrole nitrogens is 2. The van der Waals surface area contributed by atoms with Crippen LogP contribution in [0.5, 0.6) is 5.75 Å². The maximum atomic E-state index is 13.3. The second-order valence-electron chi connectivity index (χ2n) is 10.2. The monoisotopic (exact) mass is 568 g/mol. The number of Topliss-reactive ketones (excluding diaryl/α,β-unsaturated/α-hetero) is 1. The van der Waals surface area contributed by atoms with Crippen LogP contribution >= 0.6 is 0 Å². The zero-order valence-electron chi connectivity index (χ0n) is 23.5. The third kappa shape index (κ3) is 7.56. The number of hydrogen-bond acceptors (Lipinski definition) is 4. The molecular weight excluding hydrogens is 533 g/mol. The Balaban J connectivity index is 1.53. The molecular formula is C31H35F3N4O3. The van der Waals surface area contributed by atoms with E-state index in [-0.39, 0.29) is 18.1 Å². The molecule has 0 fully saturated rings. The Morgan fingerprint density at radius 3 is 2.61 bits per heavy atom. The van der Waals surface area contributed by atoms with E-state index in [0.717, 1.165) is 53.6 Å². The van der Waals surface area contributed by atoms with Gasteiger partial charge in [0, 0.05) is 35.0 Å². The van der Waals surface area contributed by atoms with Crippen molar-refractivity contribution in [3.63, 3.8) is 0 Å². The molecule has 4 aromatic rings. The van der Waals surface area contributed by atoms with Crippen LogP contribution in [0.1, 0.15) is 74.1 Å². The summed E-state index contributed by atoms with van der Waals surface area (Å²) in [7, 11) is 1.59. The van der Waals surface area contributed by atoms with Gasteiger partial charge in [0.25, 0.3) is 0 Å². The van der Waals surface area contributed by atoms with Crippen LogP contribution in [0.4, 0.5) is 13.2 Å². The lowest BCUT2D eigenvalue weighted by Crippen LogP contribution is -2.30. The summed E-state index contributed by atoms with van der Waals surface area (Å²) < 4.78 is 45.1. The van der Waals surface area contributed by atoms with Crippen LogP contribution in [-0.2, 0) is 22.2 Å². The van der Waals surface area contributed by atoms with Gasteiger partial charge in [-0.1, -0.05) is 31.9 Å². The molecule has 7 nitrogen and oxygen atoms in total. The fraction of sp³-hybridized carbons (Fsp3) is 0.387. The fourth-order valence-corrected chi connectivity index (χ4v) is 4.95. The first kappa shape index (κ1) is 29.9. The molecule has 0 aliphatic carbocycles. The van der Waals surface area contributed by atoms with Gasteiger partial charge in [0.15, 0.2) is 0 Å². The molecule has 2 heterocycles. The van der Waals surface area contributed by atoms with E-state index in [1.54, 1.807) is 13.2 Å². The maximum Gasteiger partial charge on any atom is 0.416 e. The van der Waals surface area contributed by atoms with E-state index in [4.69, 9.17) is 4.74 Å². The molecule has 0 bridgehead atoms. The molecule has 0 saturated heterocycles. The minimum Gasteiger partial charge on any atom is -0.497 e. The molecule has 0 spiro atoms. The third-order valence-corrected chi connectivity index (χ3v) is 7.27. The summed E-state index contributed by atoms with van der Waals surface area (Å²) in [5.74, 6) is 1.17. The van der Waals surface area contributed by atoms with Crippen LogP contribution in [0, 0.1) is 6.92 Å². The number of nitrogens with zero attached hydrogens (tertiary/aromatic N) is 1. The summed E-state index contributed by atoms with van der Waals surface area (Å²) in [6.07, 6.45) is 1.06. The number of halogens is 3. The van der Waals surface area contributed by atoms with Gasteiger partial charge in [-0.25, -0.2) is 4.98 Å². The van der Waals surface area contributed by atoms with E-state index in [0.29, 0.717) is 42.1 Å². The Labute approximate surface area is 236 Å². The van der Waals surface area contributed by atoms with Gasteiger partial charge in [0.2, 0.25) is 5.91 Å². The highest BCUT2D eigenvalue weighted by Gasteiger charge is 2.30. The van der Waals surface area contributed by atoms with Crippen molar-refractivity contribution in [2.24, 2.45) is 0 Å². The number of alkyl halides is 3. The Morgan fingerprint density at radius 2 is 1.88 bits per heavy atom. The minimum absolute atomic E-state index is 0.127. The number of methoxy groups -OCH3 is 1. The van der Waals surface area contributed by atoms with Crippen molar-refractivity contribution in [2.75, 3.05) is 7.11 Å². The number of nitrogens with one attached hydrogen (secondary N) is 3. The van der Waals surface area contributed by atoms with Crippen molar-refractivity contribution < 1.29 is 27.5 Å². The Kier molecular flexibility index (Phi) is 9.52. The van der Waals surface area contributed by atoms with E-state index in [1.165, 1.54) is 12.3 Å². The van der Waals surface area contributed by atoms with E-state index in [1.807, 2.05) is 32.0 Å². The number of unbranched alkanes of at least 4 members (excludes halogenated alkanes) is 2. The van der Waals surface area contributed by atoms with Crippen molar-refractivity contribution in [2.45, 2.75) is 71.0 Å². The maximum absolute atomic E-state index is 13.3. The summed E-state index contributed by atoms with van der Waals surface area (Å²) in [4.78, 5) is 35.9. The Hall–Kier alpha value is -4.08. The molecule has 0 aliphatic heterocycles. The number of carbonyl (C=O) groups is 2. The second-order valence-corrected chi connectivity index (χ2v) is 10.2. The predicted molar refractivity (Wildman–Crippen MR) is 152 cm³/mol. The van der Waals surface area contributed by atoms with Gasteiger partial charge in [-0.05, 0) is 55.7 Å². The van der Waals surface area contributed by atoms with Crippen LogP contribution in [0.3, 0.4) is 0 Å². The number of hydrogen-bond donors (Lipinski definition) is 3. The van der Waals surface area contributed by atoms with E-state index in [9.17, 15) is 22.8 Å². The van der Waals surface area contributed by atoms with E-state index >= 15 is 0 Å². The number of amides is 1. The molecule has 0 radical (unpaired) electrons. The van der Waals surface area contributed by atoms with E-state index in [2.05, 4.69) is 20.3 Å². The highest BCUT2D eigenvalue weighted by molar-refractivity contribution is 5.91. The number of aromatic amines is 2. The fourth-order valence-electron chi connectivity index (χ4n) is 4.95. The summed E-state index contributed by atoms with van der Waals surface area (Å²) in [6.45, 7) is 3.76. The first-order chi connectivity index (χ1) is 19.6. The van der Waals surface area contributed by atoms with Crippen LogP contribution in [0.2, 0.25) is 0 Å². The highest BCUT2D eigenvalue weighted by Crippen LogP contribution is 2.32. The summed E-state index contributed by atoms with van der Waals surface area (Å²) in [6, 6.07) is 10.2. The van der Waals surface area contributed by atoms with E-state index < -0.39 is 17.8 Å². The summed E-state index contributed by atoms with van der Waals surface area (Å²) in [5, 5.41) is 3.98. The molecule has 4 rings (SSSR count). The number of rotatable bonds is 13. The average Bonchev–Trinajstić information content (AvgIpc) is 3.56. The zero-order chi connectivity index (χ0) is 29.6. The molecule has 3 N–H and O–H groups in total. The van der Waals surface area contributed by atoms with Gasteiger partial charge in [0.05, 0.1) is 37.0 Å². The molecule has 1 amide bonds. The first-order valence-electron chi connectivity index (χ1n) is 13.8. The molecule has 41 heavy (non-hydrogen) atoms. The number of ether oxygens (including phenoxy) is 1. The lowest BCUT2D eigenvalue weighted by Gasteiger charge is -2.17. The van der Waals surface area contributed by atoms with Gasteiger partial charge < -0.3 is 20.0 Å². The van der Waals surface area contributed by atoms with Crippen LogP contribution in [0.15, 0.2) is 48.7 Å².